The molecule has 2 rings (SSSR count). The van der Waals surface area contributed by atoms with E-state index in [-0.39, 0.29) is 11.6 Å². The summed E-state index contributed by atoms with van der Waals surface area (Å²) < 4.78 is 26.4. The van der Waals surface area contributed by atoms with Crippen LogP contribution in [-0.2, 0) is 4.79 Å². The van der Waals surface area contributed by atoms with Gasteiger partial charge in [-0.05, 0) is 19.1 Å². The number of thioether (sulfide) groups is 1. The lowest BCUT2D eigenvalue weighted by Crippen LogP contribution is -2.22. The quantitative estimate of drug-likeness (QED) is 0.882. The number of benzene rings is 1. The van der Waals surface area contributed by atoms with Crippen LogP contribution in [0.1, 0.15) is 6.92 Å². The van der Waals surface area contributed by atoms with Gasteiger partial charge in [-0.15, -0.1) is 10.2 Å². The molecule has 1 amide bonds. The summed E-state index contributed by atoms with van der Waals surface area (Å²) in [7, 11) is 0. The topological polar surface area (TPSA) is 54.9 Å². The van der Waals surface area contributed by atoms with E-state index in [0.717, 1.165) is 12.1 Å². The number of aromatic nitrogens is 2. The van der Waals surface area contributed by atoms with E-state index in [0.29, 0.717) is 4.34 Å². The molecule has 0 spiro atoms. The minimum Gasteiger partial charge on any atom is -0.325 e. The first-order valence-electron chi connectivity index (χ1n) is 5.25. The Hall–Kier alpha value is -1.54. The number of carbonyl (C=O) groups excluding carboxylic acids is 1. The first kappa shape index (κ1) is 13.9. The summed E-state index contributed by atoms with van der Waals surface area (Å²) in [5, 5.41) is 9.57. The SMILES string of the molecule is C[C@@H](Sc1nncs1)C(=O)Nc1ccc(F)c(F)c1. The molecule has 0 radical (unpaired) electrons. The van der Waals surface area contributed by atoms with E-state index >= 15 is 0 Å². The van der Waals surface area contributed by atoms with Crippen LogP contribution in [0.2, 0.25) is 0 Å². The number of hydrogen-bond donors (Lipinski definition) is 1. The average molecular weight is 301 g/mol. The smallest absolute Gasteiger partial charge is 0.237 e. The van der Waals surface area contributed by atoms with Crippen LogP contribution in [0.15, 0.2) is 28.0 Å². The molecule has 1 atom stereocenters. The zero-order chi connectivity index (χ0) is 13.8. The van der Waals surface area contributed by atoms with Crippen molar-refractivity contribution in [2.24, 2.45) is 0 Å². The zero-order valence-corrected chi connectivity index (χ0v) is 11.4. The Bertz CT molecular complexity index is 577. The number of carbonyl (C=O) groups is 1. The fourth-order valence-corrected chi connectivity index (χ4v) is 2.86. The van der Waals surface area contributed by atoms with E-state index < -0.39 is 16.9 Å². The third-order valence-electron chi connectivity index (χ3n) is 2.17. The van der Waals surface area contributed by atoms with E-state index in [1.54, 1.807) is 12.4 Å². The van der Waals surface area contributed by atoms with Gasteiger partial charge in [0.05, 0.1) is 5.25 Å². The number of rotatable bonds is 4. The van der Waals surface area contributed by atoms with Gasteiger partial charge >= 0.3 is 0 Å². The van der Waals surface area contributed by atoms with Crippen LogP contribution >= 0.6 is 23.1 Å². The summed E-state index contributed by atoms with van der Waals surface area (Å²) >= 11 is 2.58. The van der Waals surface area contributed by atoms with Crippen LogP contribution in [0, 0.1) is 11.6 Å². The number of nitrogens with one attached hydrogen (secondary N) is 1. The largest absolute Gasteiger partial charge is 0.325 e. The monoisotopic (exact) mass is 301 g/mol. The van der Waals surface area contributed by atoms with Gasteiger partial charge in [-0.3, -0.25) is 4.79 Å². The van der Waals surface area contributed by atoms with Crippen molar-refractivity contribution in [2.45, 2.75) is 16.5 Å². The molecule has 1 aromatic carbocycles. The highest BCUT2D eigenvalue weighted by Crippen LogP contribution is 2.25. The Morgan fingerprint density at radius 2 is 2.21 bits per heavy atom. The second-order valence-electron chi connectivity index (χ2n) is 3.58. The van der Waals surface area contributed by atoms with E-state index in [2.05, 4.69) is 15.5 Å². The summed E-state index contributed by atoms with van der Waals surface area (Å²) in [5.74, 6) is -2.26. The molecule has 1 aromatic heterocycles. The molecule has 2 aromatic rings. The maximum Gasteiger partial charge on any atom is 0.237 e. The molecule has 0 fully saturated rings. The third kappa shape index (κ3) is 3.71. The van der Waals surface area contributed by atoms with Crippen LogP contribution in [-0.4, -0.2) is 21.4 Å². The van der Waals surface area contributed by atoms with Gasteiger partial charge in [0.25, 0.3) is 0 Å². The number of halogens is 2. The molecule has 0 aliphatic rings. The molecule has 19 heavy (non-hydrogen) atoms. The Balaban J connectivity index is 1.98. The summed E-state index contributed by atoms with van der Waals surface area (Å²) in [6, 6.07) is 3.21. The number of amides is 1. The van der Waals surface area contributed by atoms with Crippen molar-refractivity contribution in [3.05, 3.63) is 35.3 Å². The first-order valence-corrected chi connectivity index (χ1v) is 7.01. The van der Waals surface area contributed by atoms with Crippen LogP contribution in [0.4, 0.5) is 14.5 Å². The van der Waals surface area contributed by atoms with Crippen molar-refractivity contribution in [3.8, 4) is 0 Å². The second kappa shape index (κ2) is 6.07. The molecule has 0 bridgehead atoms. The van der Waals surface area contributed by atoms with Crippen molar-refractivity contribution in [3.63, 3.8) is 0 Å². The van der Waals surface area contributed by atoms with Gasteiger partial charge in [-0.25, -0.2) is 8.78 Å². The lowest BCUT2D eigenvalue weighted by molar-refractivity contribution is -0.115. The van der Waals surface area contributed by atoms with Crippen LogP contribution < -0.4 is 5.32 Å². The predicted molar refractivity (Wildman–Crippen MR) is 70.2 cm³/mol. The minimum absolute atomic E-state index is 0.216. The molecule has 1 N–H and O–H groups in total. The van der Waals surface area contributed by atoms with E-state index in [4.69, 9.17) is 0 Å². The summed E-state index contributed by atoms with van der Waals surface area (Å²) in [4.78, 5) is 11.8. The second-order valence-corrected chi connectivity index (χ2v) is 6.00. The van der Waals surface area contributed by atoms with Gasteiger partial charge in [0.2, 0.25) is 5.91 Å². The number of nitrogens with zero attached hydrogens (tertiary/aromatic N) is 2. The van der Waals surface area contributed by atoms with Crippen LogP contribution in [0.3, 0.4) is 0 Å². The number of anilines is 1. The van der Waals surface area contributed by atoms with Gasteiger partial charge in [-0.2, -0.15) is 0 Å². The van der Waals surface area contributed by atoms with Gasteiger partial charge in [0.1, 0.15) is 5.51 Å². The van der Waals surface area contributed by atoms with Gasteiger partial charge in [0.15, 0.2) is 16.0 Å². The molecule has 0 aliphatic heterocycles. The van der Waals surface area contributed by atoms with Gasteiger partial charge in [-0.1, -0.05) is 23.1 Å². The maximum absolute atomic E-state index is 13.0. The average Bonchev–Trinajstić information content (AvgIpc) is 2.86. The molecule has 0 unspecified atom stereocenters. The standard InChI is InChI=1S/C11H9F2N3OS2/c1-6(19-11-16-14-5-18-11)10(17)15-7-2-3-8(12)9(13)4-7/h2-6H,1H3,(H,15,17)/t6-/m1/s1. The van der Waals surface area contributed by atoms with Crippen molar-refractivity contribution >= 4 is 34.7 Å². The van der Waals surface area contributed by atoms with Crippen molar-refractivity contribution in [2.75, 3.05) is 5.32 Å². The zero-order valence-electron chi connectivity index (χ0n) is 9.76. The molecular formula is C11H9F2N3OS2. The Morgan fingerprint density at radius 3 is 2.84 bits per heavy atom. The van der Waals surface area contributed by atoms with Crippen molar-refractivity contribution in [1.29, 1.82) is 0 Å². The molecule has 0 saturated carbocycles. The molecule has 0 aliphatic carbocycles. The Kier molecular flexibility index (Phi) is 4.43. The minimum atomic E-state index is -0.998. The summed E-state index contributed by atoms with van der Waals surface area (Å²) in [6.45, 7) is 1.70. The van der Waals surface area contributed by atoms with Crippen LogP contribution in [0.5, 0.6) is 0 Å². The van der Waals surface area contributed by atoms with Crippen molar-refractivity contribution in [1.82, 2.24) is 10.2 Å². The van der Waals surface area contributed by atoms with Crippen LogP contribution in [0.25, 0.3) is 0 Å². The molecule has 100 valence electrons. The first-order chi connectivity index (χ1) is 9.06. The highest BCUT2D eigenvalue weighted by Gasteiger charge is 2.16. The molecule has 8 heteroatoms. The van der Waals surface area contributed by atoms with E-state index in [1.165, 1.54) is 29.2 Å². The van der Waals surface area contributed by atoms with E-state index in [9.17, 15) is 13.6 Å². The fourth-order valence-electron chi connectivity index (χ4n) is 1.24. The Morgan fingerprint density at radius 1 is 1.42 bits per heavy atom. The van der Waals surface area contributed by atoms with Crippen molar-refractivity contribution < 1.29 is 13.6 Å². The molecule has 4 nitrogen and oxygen atoms in total. The fraction of sp³-hybridized carbons (Fsp3) is 0.182. The lowest BCUT2D eigenvalue weighted by Gasteiger charge is -2.10. The molecule has 1 heterocycles. The third-order valence-corrected chi connectivity index (χ3v) is 4.09. The van der Waals surface area contributed by atoms with Gasteiger partial charge < -0.3 is 5.32 Å². The van der Waals surface area contributed by atoms with E-state index in [1.807, 2.05) is 0 Å². The lowest BCUT2D eigenvalue weighted by atomic mass is 10.3. The molecule has 0 saturated heterocycles. The normalized spacial score (nSPS) is 12.2. The highest BCUT2D eigenvalue weighted by atomic mass is 32.2. The maximum atomic E-state index is 13.0. The molecular weight excluding hydrogens is 292 g/mol. The summed E-state index contributed by atoms with van der Waals surface area (Å²) in [6.07, 6.45) is 0. The van der Waals surface area contributed by atoms with Gasteiger partial charge in [0, 0.05) is 11.8 Å². The Labute approximate surface area is 116 Å². The number of hydrogen-bond acceptors (Lipinski definition) is 5. The summed E-state index contributed by atoms with van der Waals surface area (Å²) in [5.41, 5.74) is 1.79. The highest BCUT2D eigenvalue weighted by molar-refractivity contribution is 8.02. The predicted octanol–water partition coefficient (Wildman–Crippen LogP) is 2.94.